The third-order valence-corrected chi connectivity index (χ3v) is 3.70. The van der Waals surface area contributed by atoms with Gasteiger partial charge < -0.3 is 0 Å². The Bertz CT molecular complexity index is 859. The molecule has 0 aromatic heterocycles. The largest absolute Gasteiger partial charge is 0.289 e. The maximum absolute atomic E-state index is 13.8. The molecule has 0 atom stereocenters. The summed E-state index contributed by atoms with van der Waals surface area (Å²) in [5.41, 5.74) is 0.355. The Morgan fingerprint density at radius 3 is 2.24 bits per heavy atom. The van der Waals surface area contributed by atoms with E-state index in [4.69, 9.17) is 11.6 Å². The van der Waals surface area contributed by atoms with Crippen molar-refractivity contribution in [1.29, 1.82) is 0 Å². The number of hydrogen-bond donors (Lipinski definition) is 0. The summed E-state index contributed by atoms with van der Waals surface area (Å²) < 4.78 is 27.3. The van der Waals surface area contributed by atoms with Crippen molar-refractivity contribution in [1.82, 2.24) is 0 Å². The molecule has 0 unspecified atom stereocenters. The van der Waals surface area contributed by atoms with Gasteiger partial charge in [-0.2, -0.15) is 0 Å². The third-order valence-electron chi connectivity index (χ3n) is 3.31. The van der Waals surface area contributed by atoms with Crippen LogP contribution in [0.5, 0.6) is 0 Å². The van der Waals surface area contributed by atoms with Gasteiger partial charge in [-0.05, 0) is 29.7 Å². The molecule has 3 aromatic rings. The molecule has 0 aliphatic carbocycles. The molecule has 3 rings (SSSR count). The summed E-state index contributed by atoms with van der Waals surface area (Å²) in [4.78, 5) is 12.6. The Morgan fingerprint density at radius 1 is 0.762 bits per heavy atom. The first-order valence-corrected chi connectivity index (χ1v) is 6.63. The van der Waals surface area contributed by atoms with Gasteiger partial charge in [-0.1, -0.05) is 41.9 Å². The molecule has 0 spiro atoms. The van der Waals surface area contributed by atoms with Crippen molar-refractivity contribution in [2.24, 2.45) is 0 Å². The molecule has 104 valence electrons. The van der Waals surface area contributed by atoms with E-state index in [1.54, 1.807) is 24.3 Å². The van der Waals surface area contributed by atoms with E-state index < -0.39 is 17.4 Å². The maximum atomic E-state index is 13.8. The van der Waals surface area contributed by atoms with E-state index in [0.29, 0.717) is 16.3 Å². The van der Waals surface area contributed by atoms with Crippen molar-refractivity contribution in [3.05, 3.63) is 82.4 Å². The van der Waals surface area contributed by atoms with Gasteiger partial charge in [0, 0.05) is 16.5 Å². The third kappa shape index (κ3) is 2.30. The summed E-state index contributed by atoms with van der Waals surface area (Å²) in [5, 5.41) is 0.592. The number of carbonyl (C=O) groups is 1. The average molecular weight is 303 g/mol. The Morgan fingerprint density at radius 2 is 1.48 bits per heavy atom. The quantitative estimate of drug-likeness (QED) is 0.609. The van der Waals surface area contributed by atoms with Crippen molar-refractivity contribution >= 4 is 28.2 Å². The molecule has 0 saturated carbocycles. The van der Waals surface area contributed by atoms with Crippen LogP contribution in [0.4, 0.5) is 8.78 Å². The predicted molar refractivity (Wildman–Crippen MR) is 78.7 cm³/mol. The SMILES string of the molecule is O=C(c1cccc(F)c1Cl)c1ccc(F)c2ccccc12. The number of ketones is 1. The van der Waals surface area contributed by atoms with Crippen molar-refractivity contribution in [2.45, 2.75) is 0 Å². The molecule has 0 saturated heterocycles. The lowest BCUT2D eigenvalue weighted by molar-refractivity contribution is 0.104. The van der Waals surface area contributed by atoms with E-state index in [0.717, 1.165) is 0 Å². The van der Waals surface area contributed by atoms with Crippen LogP contribution < -0.4 is 0 Å². The monoisotopic (exact) mass is 302 g/mol. The lowest BCUT2D eigenvalue weighted by Crippen LogP contribution is -2.04. The highest BCUT2D eigenvalue weighted by atomic mass is 35.5. The first-order valence-electron chi connectivity index (χ1n) is 6.25. The lowest BCUT2D eigenvalue weighted by Gasteiger charge is -2.08. The summed E-state index contributed by atoms with van der Waals surface area (Å²) in [6.45, 7) is 0. The Balaban J connectivity index is 2.23. The topological polar surface area (TPSA) is 17.1 Å². The summed E-state index contributed by atoms with van der Waals surface area (Å²) in [6, 6.07) is 13.3. The van der Waals surface area contributed by atoms with Crippen LogP contribution >= 0.6 is 11.6 Å². The summed E-state index contributed by atoms with van der Waals surface area (Å²) >= 11 is 5.85. The van der Waals surface area contributed by atoms with Crippen LogP contribution in [-0.2, 0) is 0 Å². The molecular weight excluding hydrogens is 294 g/mol. The molecule has 0 heterocycles. The Hall–Kier alpha value is -2.26. The molecule has 21 heavy (non-hydrogen) atoms. The van der Waals surface area contributed by atoms with E-state index in [2.05, 4.69) is 0 Å². The number of carbonyl (C=O) groups excluding carboxylic acids is 1. The van der Waals surface area contributed by atoms with Crippen LogP contribution in [0.25, 0.3) is 10.8 Å². The number of fused-ring (bicyclic) bond motifs is 1. The second-order valence-electron chi connectivity index (χ2n) is 4.57. The zero-order valence-corrected chi connectivity index (χ0v) is 11.5. The average Bonchev–Trinajstić information content (AvgIpc) is 2.50. The van der Waals surface area contributed by atoms with Crippen molar-refractivity contribution in [2.75, 3.05) is 0 Å². The molecule has 0 amide bonds. The minimum Gasteiger partial charge on any atom is -0.289 e. The minimum absolute atomic E-state index is 0.0634. The van der Waals surface area contributed by atoms with E-state index in [-0.39, 0.29) is 10.6 Å². The molecule has 0 N–H and O–H groups in total. The van der Waals surface area contributed by atoms with Crippen LogP contribution in [-0.4, -0.2) is 5.78 Å². The molecule has 0 bridgehead atoms. The molecule has 1 nitrogen and oxygen atoms in total. The lowest BCUT2D eigenvalue weighted by atomic mass is 9.97. The Kier molecular flexibility index (Phi) is 3.43. The van der Waals surface area contributed by atoms with Crippen LogP contribution in [0.1, 0.15) is 15.9 Å². The van der Waals surface area contributed by atoms with Crippen LogP contribution in [0.15, 0.2) is 54.6 Å². The summed E-state index contributed by atoms with van der Waals surface area (Å²) in [7, 11) is 0. The van der Waals surface area contributed by atoms with Gasteiger partial charge in [0.05, 0.1) is 5.02 Å². The van der Waals surface area contributed by atoms with Gasteiger partial charge in [0.1, 0.15) is 11.6 Å². The highest BCUT2D eigenvalue weighted by molar-refractivity contribution is 6.35. The van der Waals surface area contributed by atoms with Gasteiger partial charge in [0.2, 0.25) is 0 Å². The van der Waals surface area contributed by atoms with Crippen LogP contribution in [0, 0.1) is 11.6 Å². The van der Waals surface area contributed by atoms with Gasteiger partial charge in [0.25, 0.3) is 0 Å². The predicted octanol–water partition coefficient (Wildman–Crippen LogP) is 5.00. The fraction of sp³-hybridized carbons (Fsp3) is 0. The normalized spacial score (nSPS) is 10.8. The standard InChI is InChI=1S/C17H9ClF2O/c18-16-13(6-3-7-15(16)20)17(21)12-8-9-14(19)11-5-2-1-4-10(11)12/h1-9H. The second kappa shape index (κ2) is 5.26. The molecular formula is C17H9ClF2O. The zero-order valence-electron chi connectivity index (χ0n) is 10.7. The Labute approximate surface area is 124 Å². The van der Waals surface area contributed by atoms with Crippen LogP contribution in [0.2, 0.25) is 5.02 Å². The van der Waals surface area contributed by atoms with Gasteiger partial charge in [-0.25, -0.2) is 8.78 Å². The molecule has 0 aliphatic heterocycles. The van der Waals surface area contributed by atoms with Crippen molar-refractivity contribution < 1.29 is 13.6 Å². The molecule has 3 aromatic carbocycles. The molecule has 4 heteroatoms. The van der Waals surface area contributed by atoms with Crippen molar-refractivity contribution in [3.63, 3.8) is 0 Å². The number of rotatable bonds is 2. The minimum atomic E-state index is -0.658. The number of benzene rings is 3. The first kappa shape index (κ1) is 13.7. The fourth-order valence-electron chi connectivity index (χ4n) is 2.28. The number of hydrogen-bond acceptors (Lipinski definition) is 1. The van der Waals surface area contributed by atoms with Gasteiger partial charge in [-0.3, -0.25) is 4.79 Å². The molecule has 0 radical (unpaired) electrons. The molecule has 0 aliphatic rings. The van der Waals surface area contributed by atoms with E-state index in [1.807, 2.05) is 0 Å². The van der Waals surface area contributed by atoms with E-state index in [9.17, 15) is 13.6 Å². The maximum Gasteiger partial charge on any atom is 0.195 e. The van der Waals surface area contributed by atoms with E-state index >= 15 is 0 Å². The highest BCUT2D eigenvalue weighted by Gasteiger charge is 2.18. The highest BCUT2D eigenvalue weighted by Crippen LogP contribution is 2.27. The first-order chi connectivity index (χ1) is 10.1. The molecule has 0 fully saturated rings. The number of halogens is 3. The zero-order chi connectivity index (χ0) is 15.0. The van der Waals surface area contributed by atoms with Gasteiger partial charge >= 0.3 is 0 Å². The second-order valence-corrected chi connectivity index (χ2v) is 4.95. The fourth-order valence-corrected chi connectivity index (χ4v) is 2.50. The van der Waals surface area contributed by atoms with E-state index in [1.165, 1.54) is 30.3 Å². The summed E-state index contributed by atoms with van der Waals surface area (Å²) in [5.74, 6) is -1.50. The van der Waals surface area contributed by atoms with Gasteiger partial charge in [0.15, 0.2) is 5.78 Å². The smallest absolute Gasteiger partial charge is 0.195 e. The van der Waals surface area contributed by atoms with Gasteiger partial charge in [-0.15, -0.1) is 0 Å². The van der Waals surface area contributed by atoms with Crippen molar-refractivity contribution in [3.8, 4) is 0 Å². The summed E-state index contributed by atoms with van der Waals surface area (Å²) in [6.07, 6.45) is 0. The van der Waals surface area contributed by atoms with Crippen LogP contribution in [0.3, 0.4) is 0 Å².